The SMILES string of the molecule is CCCNC(=O)c1c(-c2ccc(OC)cc2)c2c3n(c(-c4ccc(OC)cc4)cn13)CCCC2. The van der Waals surface area contributed by atoms with E-state index < -0.39 is 0 Å². The molecule has 2 aromatic heterocycles. The van der Waals surface area contributed by atoms with Crippen LogP contribution in [0.15, 0.2) is 54.7 Å². The summed E-state index contributed by atoms with van der Waals surface area (Å²) in [6, 6.07) is 16.2. The number of carbonyl (C=O) groups is 1. The third-order valence-electron chi connectivity index (χ3n) is 6.65. The molecule has 4 aromatic rings. The van der Waals surface area contributed by atoms with Crippen molar-refractivity contribution in [2.45, 2.75) is 39.2 Å². The first kappa shape index (κ1) is 22.1. The molecule has 1 amide bonds. The zero-order chi connectivity index (χ0) is 23.7. The lowest BCUT2D eigenvalue weighted by molar-refractivity contribution is 0.0948. The van der Waals surface area contributed by atoms with E-state index in [0.717, 1.165) is 71.8 Å². The fourth-order valence-electron chi connectivity index (χ4n) is 4.99. The number of nitrogens with one attached hydrogen (secondary N) is 1. The van der Waals surface area contributed by atoms with Gasteiger partial charge in [0.25, 0.3) is 5.91 Å². The van der Waals surface area contributed by atoms with Crippen LogP contribution >= 0.6 is 0 Å². The normalized spacial score (nSPS) is 13.0. The van der Waals surface area contributed by atoms with Crippen LogP contribution in [-0.4, -0.2) is 35.6 Å². The third kappa shape index (κ3) is 3.73. The Morgan fingerprint density at radius 1 is 0.941 bits per heavy atom. The summed E-state index contributed by atoms with van der Waals surface area (Å²) in [4.78, 5) is 13.5. The number of benzene rings is 2. The summed E-state index contributed by atoms with van der Waals surface area (Å²) in [5, 5.41) is 3.12. The van der Waals surface area contributed by atoms with Crippen LogP contribution in [0, 0.1) is 0 Å². The number of hydrogen-bond acceptors (Lipinski definition) is 3. The molecule has 0 bridgehead atoms. The minimum atomic E-state index is -0.0343. The maximum atomic E-state index is 13.5. The van der Waals surface area contributed by atoms with Crippen LogP contribution in [0.1, 0.15) is 42.2 Å². The summed E-state index contributed by atoms with van der Waals surface area (Å²) < 4.78 is 15.2. The van der Waals surface area contributed by atoms with Crippen molar-refractivity contribution in [2.24, 2.45) is 0 Å². The molecule has 176 valence electrons. The molecule has 1 N–H and O–H groups in total. The second-order valence-electron chi connectivity index (χ2n) is 8.73. The number of carbonyl (C=O) groups excluding carboxylic acids is 1. The van der Waals surface area contributed by atoms with Gasteiger partial charge in [0, 0.05) is 30.4 Å². The minimum Gasteiger partial charge on any atom is -0.497 e. The molecule has 0 saturated carbocycles. The topological polar surface area (TPSA) is 56.9 Å². The molecule has 3 heterocycles. The molecule has 0 atom stereocenters. The number of amides is 1. The zero-order valence-electron chi connectivity index (χ0n) is 20.1. The van der Waals surface area contributed by atoms with Crippen molar-refractivity contribution in [3.05, 3.63) is 66.0 Å². The molecule has 6 heteroatoms. The predicted octanol–water partition coefficient (Wildman–Crippen LogP) is 5.57. The van der Waals surface area contributed by atoms with Crippen LogP contribution in [0.25, 0.3) is 28.0 Å². The number of nitrogens with zero attached hydrogens (tertiary/aromatic N) is 2. The van der Waals surface area contributed by atoms with Crippen molar-refractivity contribution in [1.29, 1.82) is 0 Å². The van der Waals surface area contributed by atoms with Gasteiger partial charge in [-0.2, -0.15) is 0 Å². The van der Waals surface area contributed by atoms with Gasteiger partial charge in [-0.05, 0) is 73.2 Å². The molecule has 6 nitrogen and oxygen atoms in total. The van der Waals surface area contributed by atoms with E-state index in [1.54, 1.807) is 14.2 Å². The average Bonchev–Trinajstić information content (AvgIpc) is 3.30. The molecule has 34 heavy (non-hydrogen) atoms. The van der Waals surface area contributed by atoms with Crippen LogP contribution in [0.4, 0.5) is 0 Å². The molecule has 5 rings (SSSR count). The monoisotopic (exact) mass is 457 g/mol. The second kappa shape index (κ2) is 9.29. The maximum absolute atomic E-state index is 13.5. The van der Waals surface area contributed by atoms with Gasteiger partial charge in [0.1, 0.15) is 22.8 Å². The largest absolute Gasteiger partial charge is 0.497 e. The van der Waals surface area contributed by atoms with Gasteiger partial charge in [0.05, 0.1) is 19.9 Å². The number of methoxy groups -OCH3 is 2. The van der Waals surface area contributed by atoms with E-state index in [1.165, 1.54) is 5.56 Å². The summed E-state index contributed by atoms with van der Waals surface area (Å²) >= 11 is 0. The van der Waals surface area contributed by atoms with Crippen LogP contribution in [0.3, 0.4) is 0 Å². The molecule has 0 aliphatic carbocycles. The number of ether oxygens (including phenoxy) is 2. The van der Waals surface area contributed by atoms with Gasteiger partial charge in [0.15, 0.2) is 0 Å². The number of rotatable bonds is 7. The highest BCUT2D eigenvalue weighted by molar-refractivity contribution is 6.03. The first-order valence-corrected chi connectivity index (χ1v) is 12.0. The summed E-state index contributed by atoms with van der Waals surface area (Å²) in [6.45, 7) is 3.64. The Morgan fingerprint density at radius 3 is 2.21 bits per heavy atom. The number of imidazole rings is 1. The summed E-state index contributed by atoms with van der Waals surface area (Å²) in [5.41, 5.74) is 7.37. The molecule has 1 aliphatic rings. The first-order valence-electron chi connectivity index (χ1n) is 12.0. The Morgan fingerprint density at radius 2 is 1.59 bits per heavy atom. The summed E-state index contributed by atoms with van der Waals surface area (Å²) in [5.74, 6) is 1.61. The molecule has 0 spiro atoms. The van der Waals surface area contributed by atoms with E-state index in [1.807, 2.05) is 24.3 Å². The van der Waals surface area contributed by atoms with E-state index in [9.17, 15) is 4.79 Å². The van der Waals surface area contributed by atoms with Gasteiger partial charge in [-0.15, -0.1) is 0 Å². The Bertz CT molecular complexity index is 1310. The van der Waals surface area contributed by atoms with E-state index in [2.05, 4.69) is 51.7 Å². The van der Waals surface area contributed by atoms with Gasteiger partial charge in [-0.3, -0.25) is 9.20 Å². The quantitative estimate of drug-likeness (QED) is 0.395. The van der Waals surface area contributed by atoms with E-state index in [-0.39, 0.29) is 5.91 Å². The van der Waals surface area contributed by atoms with Gasteiger partial charge >= 0.3 is 0 Å². The maximum Gasteiger partial charge on any atom is 0.268 e. The van der Waals surface area contributed by atoms with E-state index in [0.29, 0.717) is 12.2 Å². The van der Waals surface area contributed by atoms with Crippen LogP contribution in [0.5, 0.6) is 11.5 Å². The van der Waals surface area contributed by atoms with Crippen LogP contribution in [-0.2, 0) is 13.0 Å². The van der Waals surface area contributed by atoms with Gasteiger partial charge in [-0.1, -0.05) is 19.1 Å². The molecular weight excluding hydrogens is 426 g/mol. The smallest absolute Gasteiger partial charge is 0.268 e. The van der Waals surface area contributed by atoms with E-state index >= 15 is 0 Å². The molecule has 0 fully saturated rings. The molecule has 0 radical (unpaired) electrons. The number of hydrogen-bond donors (Lipinski definition) is 1. The highest BCUT2D eigenvalue weighted by Crippen LogP contribution is 2.40. The average molecular weight is 458 g/mol. The molecule has 1 aliphatic heterocycles. The predicted molar refractivity (Wildman–Crippen MR) is 135 cm³/mol. The van der Waals surface area contributed by atoms with Crippen molar-refractivity contribution in [3.63, 3.8) is 0 Å². The third-order valence-corrected chi connectivity index (χ3v) is 6.65. The standard InChI is InChI=1S/C28H31N3O3/c1-4-16-29-27(32)26-25(20-10-14-22(34-3)15-11-20)23-7-5-6-17-30-24(18-31(26)28(23)30)19-8-12-21(33-2)13-9-19/h8-15,18H,4-7,16-17H2,1-3H3,(H,29,32). The number of aryl methyl sites for hydroxylation is 2. The van der Waals surface area contributed by atoms with Crippen molar-refractivity contribution >= 4 is 11.6 Å². The number of aromatic nitrogens is 2. The Labute approximate surface area is 200 Å². The highest BCUT2D eigenvalue weighted by atomic mass is 16.5. The lowest BCUT2D eigenvalue weighted by Crippen LogP contribution is -2.25. The van der Waals surface area contributed by atoms with Crippen LogP contribution < -0.4 is 14.8 Å². The van der Waals surface area contributed by atoms with Crippen LogP contribution in [0.2, 0.25) is 0 Å². The summed E-state index contributed by atoms with van der Waals surface area (Å²) in [7, 11) is 3.35. The van der Waals surface area contributed by atoms with Crippen molar-refractivity contribution in [2.75, 3.05) is 20.8 Å². The minimum absolute atomic E-state index is 0.0343. The molecular formula is C28H31N3O3. The van der Waals surface area contributed by atoms with Crippen molar-refractivity contribution in [3.8, 4) is 33.9 Å². The Balaban J connectivity index is 1.76. The van der Waals surface area contributed by atoms with Gasteiger partial charge in [0.2, 0.25) is 0 Å². The highest BCUT2D eigenvalue weighted by Gasteiger charge is 2.29. The summed E-state index contributed by atoms with van der Waals surface area (Å²) in [6.07, 6.45) is 6.14. The van der Waals surface area contributed by atoms with Crippen molar-refractivity contribution < 1.29 is 14.3 Å². The second-order valence-corrected chi connectivity index (χ2v) is 8.73. The van der Waals surface area contributed by atoms with Crippen molar-refractivity contribution in [1.82, 2.24) is 14.3 Å². The Kier molecular flexibility index (Phi) is 6.05. The fourth-order valence-corrected chi connectivity index (χ4v) is 4.99. The Hall–Kier alpha value is -3.67. The van der Waals surface area contributed by atoms with Gasteiger partial charge in [-0.25, -0.2) is 0 Å². The zero-order valence-corrected chi connectivity index (χ0v) is 20.1. The lowest BCUT2D eigenvalue weighted by Gasteiger charge is -2.10. The van der Waals surface area contributed by atoms with E-state index in [4.69, 9.17) is 9.47 Å². The van der Waals surface area contributed by atoms with Gasteiger partial charge < -0.3 is 19.4 Å². The molecule has 2 aromatic carbocycles. The lowest BCUT2D eigenvalue weighted by atomic mass is 9.97. The first-order chi connectivity index (χ1) is 16.7. The fraction of sp³-hybridized carbons (Fsp3) is 0.321. The molecule has 0 unspecified atom stereocenters. The molecule has 0 saturated heterocycles.